The molecule has 0 unspecified atom stereocenters. The van der Waals surface area contributed by atoms with Crippen molar-refractivity contribution >= 4 is 22.2 Å². The number of aliphatic hydroxyl groups is 1. The standard InChI is InChI=1S/C14H17N3O2S/c1-9-5-17-11(6-20-13(17)15-9)4-12(18)16-7-14(19,8-16)10-2-3-10/h5-6,10,19H,2-4,7-8H2,1H3. The van der Waals surface area contributed by atoms with Crippen LogP contribution in [0, 0.1) is 12.8 Å². The molecule has 4 rings (SSSR count). The molecule has 106 valence electrons. The summed E-state index contributed by atoms with van der Waals surface area (Å²) in [4.78, 5) is 19.4. The van der Waals surface area contributed by atoms with Crippen LogP contribution in [0.1, 0.15) is 24.2 Å². The van der Waals surface area contributed by atoms with Crippen LogP contribution in [-0.4, -0.2) is 44.0 Å². The monoisotopic (exact) mass is 291 g/mol. The number of hydrogen-bond acceptors (Lipinski definition) is 4. The van der Waals surface area contributed by atoms with Crippen molar-refractivity contribution in [3.8, 4) is 0 Å². The number of nitrogens with zero attached hydrogens (tertiary/aromatic N) is 3. The smallest absolute Gasteiger partial charge is 0.228 e. The van der Waals surface area contributed by atoms with Gasteiger partial charge in [0.25, 0.3) is 0 Å². The first-order valence-electron chi connectivity index (χ1n) is 6.97. The molecule has 2 aromatic heterocycles. The van der Waals surface area contributed by atoms with Gasteiger partial charge in [0, 0.05) is 17.3 Å². The number of β-amino-alcohol motifs (C(OH)–C–C–N with tert-alkyl or cyclic N) is 1. The number of imidazole rings is 1. The topological polar surface area (TPSA) is 57.8 Å². The lowest BCUT2D eigenvalue weighted by Gasteiger charge is -2.47. The highest BCUT2D eigenvalue weighted by molar-refractivity contribution is 7.15. The zero-order valence-corrected chi connectivity index (χ0v) is 12.2. The van der Waals surface area contributed by atoms with Crippen LogP contribution in [0.25, 0.3) is 4.96 Å². The van der Waals surface area contributed by atoms with E-state index in [4.69, 9.17) is 0 Å². The fraction of sp³-hybridized carbons (Fsp3) is 0.571. The minimum atomic E-state index is -0.592. The van der Waals surface area contributed by atoms with E-state index in [1.54, 1.807) is 16.2 Å². The van der Waals surface area contributed by atoms with Gasteiger partial charge in [0.05, 0.1) is 25.2 Å². The Bertz CT molecular complexity index is 680. The second kappa shape index (κ2) is 4.05. The largest absolute Gasteiger partial charge is 0.386 e. The van der Waals surface area contributed by atoms with Crippen LogP contribution in [0.3, 0.4) is 0 Å². The van der Waals surface area contributed by atoms with Gasteiger partial charge >= 0.3 is 0 Å². The molecule has 1 N–H and O–H groups in total. The summed E-state index contributed by atoms with van der Waals surface area (Å²) in [7, 11) is 0. The third kappa shape index (κ3) is 1.86. The van der Waals surface area contributed by atoms with E-state index < -0.39 is 5.60 Å². The van der Waals surface area contributed by atoms with E-state index >= 15 is 0 Å². The van der Waals surface area contributed by atoms with Crippen LogP contribution >= 0.6 is 11.3 Å². The van der Waals surface area contributed by atoms with Gasteiger partial charge in [-0.1, -0.05) is 0 Å². The molecule has 20 heavy (non-hydrogen) atoms. The Kier molecular flexibility index (Phi) is 2.50. The molecule has 0 spiro atoms. The van der Waals surface area contributed by atoms with Crippen LogP contribution in [-0.2, 0) is 11.2 Å². The maximum absolute atomic E-state index is 12.3. The maximum Gasteiger partial charge on any atom is 0.228 e. The molecule has 1 aliphatic heterocycles. The zero-order valence-electron chi connectivity index (χ0n) is 11.4. The summed E-state index contributed by atoms with van der Waals surface area (Å²) < 4.78 is 1.99. The summed E-state index contributed by atoms with van der Waals surface area (Å²) in [5.74, 6) is 0.525. The van der Waals surface area contributed by atoms with Crippen LogP contribution in [0.2, 0.25) is 0 Å². The maximum atomic E-state index is 12.3. The molecule has 0 radical (unpaired) electrons. The lowest BCUT2D eigenvalue weighted by molar-refractivity contribution is -0.158. The molecule has 2 aromatic rings. The highest BCUT2D eigenvalue weighted by atomic mass is 32.1. The molecule has 6 heteroatoms. The average molecular weight is 291 g/mol. The highest BCUT2D eigenvalue weighted by Crippen LogP contribution is 2.44. The molecular formula is C14H17N3O2S. The van der Waals surface area contributed by atoms with Gasteiger partial charge in [0.1, 0.15) is 5.60 Å². The predicted octanol–water partition coefficient (Wildman–Crippen LogP) is 1.23. The number of thiazole rings is 1. The fourth-order valence-electron chi connectivity index (χ4n) is 3.01. The number of aryl methyl sites for hydroxylation is 1. The van der Waals surface area contributed by atoms with Crippen LogP contribution in [0.5, 0.6) is 0 Å². The Labute approximate surface area is 120 Å². The number of carbonyl (C=O) groups excluding carboxylic acids is 1. The molecular weight excluding hydrogens is 274 g/mol. The van der Waals surface area contributed by atoms with Crippen molar-refractivity contribution in [2.45, 2.75) is 31.8 Å². The van der Waals surface area contributed by atoms with Gasteiger partial charge < -0.3 is 10.0 Å². The first kappa shape index (κ1) is 12.3. The van der Waals surface area contributed by atoms with Crippen molar-refractivity contribution in [1.82, 2.24) is 14.3 Å². The van der Waals surface area contributed by atoms with E-state index in [2.05, 4.69) is 4.98 Å². The molecule has 1 amide bonds. The molecule has 5 nitrogen and oxygen atoms in total. The fourth-order valence-corrected chi connectivity index (χ4v) is 3.92. The van der Waals surface area contributed by atoms with Crippen molar-refractivity contribution in [2.24, 2.45) is 5.92 Å². The van der Waals surface area contributed by atoms with Crippen molar-refractivity contribution in [3.05, 3.63) is 23.0 Å². The van der Waals surface area contributed by atoms with E-state index in [1.807, 2.05) is 22.9 Å². The first-order chi connectivity index (χ1) is 9.55. The number of rotatable bonds is 3. The summed E-state index contributed by atoms with van der Waals surface area (Å²) >= 11 is 1.56. The van der Waals surface area contributed by atoms with Crippen molar-refractivity contribution in [1.29, 1.82) is 0 Å². The van der Waals surface area contributed by atoms with Crippen molar-refractivity contribution in [2.75, 3.05) is 13.1 Å². The molecule has 2 fully saturated rings. The minimum absolute atomic E-state index is 0.0985. The number of amides is 1. The normalized spacial score (nSPS) is 21.2. The summed E-state index contributed by atoms with van der Waals surface area (Å²) in [6.07, 6.45) is 4.57. The summed E-state index contributed by atoms with van der Waals surface area (Å²) in [5.41, 5.74) is 1.36. The molecule has 0 bridgehead atoms. The third-order valence-corrected chi connectivity index (χ3v) is 5.24. The Morgan fingerprint density at radius 3 is 3.00 bits per heavy atom. The van der Waals surface area contributed by atoms with Gasteiger partial charge in [-0.25, -0.2) is 4.98 Å². The minimum Gasteiger partial charge on any atom is -0.386 e. The Balaban J connectivity index is 1.45. The highest BCUT2D eigenvalue weighted by Gasteiger charge is 2.53. The van der Waals surface area contributed by atoms with Gasteiger partial charge in [-0.05, 0) is 25.7 Å². The third-order valence-electron chi connectivity index (χ3n) is 4.36. The Morgan fingerprint density at radius 2 is 2.30 bits per heavy atom. The molecule has 1 saturated carbocycles. The van der Waals surface area contributed by atoms with Crippen molar-refractivity contribution in [3.63, 3.8) is 0 Å². The second-order valence-electron chi connectivity index (χ2n) is 6.07. The summed E-state index contributed by atoms with van der Waals surface area (Å²) in [6.45, 7) is 2.97. The van der Waals surface area contributed by atoms with E-state index in [-0.39, 0.29) is 5.91 Å². The van der Waals surface area contributed by atoms with Gasteiger partial charge in [0.15, 0.2) is 4.96 Å². The average Bonchev–Trinajstić information content (AvgIpc) is 3.07. The Morgan fingerprint density at radius 1 is 1.55 bits per heavy atom. The predicted molar refractivity (Wildman–Crippen MR) is 75.8 cm³/mol. The molecule has 1 aliphatic carbocycles. The van der Waals surface area contributed by atoms with E-state index in [0.717, 1.165) is 29.2 Å². The lowest BCUT2D eigenvalue weighted by atomic mass is 9.88. The molecule has 1 saturated heterocycles. The van der Waals surface area contributed by atoms with Gasteiger partial charge in [-0.15, -0.1) is 11.3 Å². The van der Waals surface area contributed by atoms with E-state index in [0.29, 0.717) is 25.4 Å². The quantitative estimate of drug-likeness (QED) is 0.925. The SMILES string of the molecule is Cc1cn2c(CC(=O)N3CC(O)(C4CC4)C3)csc2n1. The lowest BCUT2D eigenvalue weighted by Crippen LogP contribution is -2.65. The number of carbonyl (C=O) groups is 1. The first-order valence-corrected chi connectivity index (χ1v) is 7.85. The number of likely N-dealkylation sites (tertiary alicyclic amines) is 1. The van der Waals surface area contributed by atoms with E-state index in [1.165, 1.54) is 0 Å². The van der Waals surface area contributed by atoms with Gasteiger partial charge in [-0.2, -0.15) is 0 Å². The second-order valence-corrected chi connectivity index (χ2v) is 6.90. The van der Waals surface area contributed by atoms with Crippen LogP contribution in [0.4, 0.5) is 0 Å². The van der Waals surface area contributed by atoms with Crippen LogP contribution < -0.4 is 0 Å². The van der Waals surface area contributed by atoms with E-state index in [9.17, 15) is 9.90 Å². The molecule has 2 aliphatic rings. The van der Waals surface area contributed by atoms with Crippen LogP contribution in [0.15, 0.2) is 11.6 Å². The molecule has 0 atom stereocenters. The summed E-state index contributed by atoms with van der Waals surface area (Å²) in [5, 5.41) is 12.3. The summed E-state index contributed by atoms with van der Waals surface area (Å²) in [6, 6.07) is 0. The zero-order chi connectivity index (χ0) is 13.9. The number of fused-ring (bicyclic) bond motifs is 1. The van der Waals surface area contributed by atoms with Gasteiger partial charge in [0.2, 0.25) is 5.91 Å². The molecule has 3 heterocycles. The molecule has 0 aromatic carbocycles. The number of aromatic nitrogens is 2. The van der Waals surface area contributed by atoms with Gasteiger partial charge in [-0.3, -0.25) is 9.20 Å². The van der Waals surface area contributed by atoms with Crippen molar-refractivity contribution < 1.29 is 9.90 Å². The number of hydrogen-bond donors (Lipinski definition) is 1. The Hall–Kier alpha value is -1.40.